The zero-order valence-corrected chi connectivity index (χ0v) is 7.26. The fourth-order valence-electron chi connectivity index (χ4n) is 0. The zero-order valence-electron chi connectivity index (χ0n) is 3.45. The van der Waals surface area contributed by atoms with E-state index in [1.54, 1.807) is 0 Å². The van der Waals surface area contributed by atoms with E-state index < -0.39 is 0 Å². The van der Waals surface area contributed by atoms with Crippen molar-refractivity contribution in [2.75, 3.05) is 0 Å². The third-order valence-electron chi connectivity index (χ3n) is 0.167. The van der Waals surface area contributed by atoms with Gasteiger partial charge in [0.25, 0.3) is 0 Å². The third-order valence-corrected chi connectivity index (χ3v) is 1.36. The van der Waals surface area contributed by atoms with E-state index in [1.165, 1.54) is 11.4 Å². The van der Waals surface area contributed by atoms with Crippen molar-refractivity contribution >= 4 is 9.90 Å². The van der Waals surface area contributed by atoms with Crippen LogP contribution >= 0.6 is 9.90 Å². The molecule has 0 saturated carbocycles. The van der Waals surface area contributed by atoms with Crippen molar-refractivity contribution in [1.29, 1.82) is 0 Å². The Labute approximate surface area is 47.5 Å². The van der Waals surface area contributed by atoms with Gasteiger partial charge in [-0.05, 0) is 0 Å². The predicted molar refractivity (Wildman–Crippen MR) is 26.2 cm³/mol. The van der Waals surface area contributed by atoms with Crippen LogP contribution in [0.25, 0.3) is 0 Å². The van der Waals surface area contributed by atoms with Crippen molar-refractivity contribution < 1.29 is 18.9 Å². The molecular formula is C3H10IrP. The molecule has 0 aromatic rings. The molecule has 1 atom stereocenters. The monoisotopic (exact) mass is 270 g/mol. The van der Waals surface area contributed by atoms with Crippen LogP contribution in [0.3, 0.4) is 0 Å². The summed E-state index contributed by atoms with van der Waals surface area (Å²) in [5, 5.41) is 0. The van der Waals surface area contributed by atoms with Gasteiger partial charge in [0.2, 0.25) is 0 Å². The van der Waals surface area contributed by atoms with Crippen LogP contribution in [0.15, 0.2) is 0 Å². The maximum absolute atomic E-state index is 2.18. The maximum atomic E-state index is 2.18. The second-order valence-electron chi connectivity index (χ2n) is 0.667. The standard InChI is InChI=1S/C3H7.Ir.H3P/c1-3-2;;/h1,3H2,2H3;;1H3. The van der Waals surface area contributed by atoms with Gasteiger partial charge in [0.1, 0.15) is 0 Å². The topological polar surface area (TPSA) is 0 Å². The van der Waals surface area contributed by atoms with E-state index in [2.05, 4.69) is 25.8 Å². The van der Waals surface area contributed by atoms with E-state index in [0.29, 0.717) is 0 Å². The van der Waals surface area contributed by atoms with Crippen LogP contribution in [0.2, 0.25) is 4.93 Å². The molecule has 0 aromatic carbocycles. The van der Waals surface area contributed by atoms with Gasteiger partial charge < -0.3 is 0 Å². The molecule has 0 rings (SSSR count). The van der Waals surface area contributed by atoms with Gasteiger partial charge in [-0.25, -0.2) is 0 Å². The molecule has 0 amide bonds. The largest absolute Gasteiger partial charge is 0.153 e. The summed E-state index contributed by atoms with van der Waals surface area (Å²) in [6, 6.07) is 0. The Morgan fingerprint density at radius 2 is 1.80 bits per heavy atom. The summed E-state index contributed by atoms with van der Waals surface area (Å²) < 4.78 is 0. The zero-order chi connectivity index (χ0) is 3.41. The fourth-order valence-corrected chi connectivity index (χ4v) is 0. The van der Waals surface area contributed by atoms with Crippen molar-refractivity contribution in [3.63, 3.8) is 0 Å². The molecule has 0 fully saturated rings. The molecule has 0 bridgehead atoms. The molecular weight excluding hydrogens is 259 g/mol. The molecule has 0 radical (unpaired) electrons. The van der Waals surface area contributed by atoms with Gasteiger partial charge in [-0.1, -0.05) is 0 Å². The van der Waals surface area contributed by atoms with Gasteiger partial charge in [-0.3, -0.25) is 0 Å². The first-order valence-corrected chi connectivity index (χ1v) is 3.14. The first-order chi connectivity index (χ1) is 1.91. The van der Waals surface area contributed by atoms with Gasteiger partial charge in [0, 0.05) is 0 Å². The average Bonchev–Trinajstić information content (AvgIpc) is 1.37. The van der Waals surface area contributed by atoms with Crippen LogP contribution in [0.4, 0.5) is 0 Å². The Morgan fingerprint density at radius 3 is 1.80 bits per heavy atom. The summed E-state index contributed by atoms with van der Waals surface area (Å²) >= 11 is 2.18. The Hall–Kier alpha value is 1.08. The summed E-state index contributed by atoms with van der Waals surface area (Å²) in [5.41, 5.74) is 0. The summed E-state index contributed by atoms with van der Waals surface area (Å²) in [5.74, 6) is 0. The Kier molecular flexibility index (Phi) is 16.8. The summed E-state index contributed by atoms with van der Waals surface area (Å²) in [6.07, 6.45) is 1.32. The summed E-state index contributed by atoms with van der Waals surface area (Å²) in [7, 11) is 0. The molecule has 36 valence electrons. The Morgan fingerprint density at radius 1 is 1.60 bits per heavy atom. The van der Waals surface area contributed by atoms with Crippen LogP contribution in [0, 0.1) is 0 Å². The molecule has 0 aliphatic heterocycles. The van der Waals surface area contributed by atoms with E-state index in [0.717, 1.165) is 0 Å². The SMILES string of the molecule is CC[CH2][Ir].P. The van der Waals surface area contributed by atoms with Gasteiger partial charge in [0.15, 0.2) is 0 Å². The molecule has 2 heteroatoms. The first kappa shape index (κ1) is 9.43. The first-order valence-electron chi connectivity index (χ1n) is 1.44. The molecule has 0 aliphatic rings. The Balaban J connectivity index is 0. The third kappa shape index (κ3) is 11.1. The van der Waals surface area contributed by atoms with Crippen molar-refractivity contribution in [2.24, 2.45) is 0 Å². The minimum absolute atomic E-state index is 0. The van der Waals surface area contributed by atoms with Crippen LogP contribution in [-0.2, 0) is 18.9 Å². The van der Waals surface area contributed by atoms with Crippen LogP contribution < -0.4 is 0 Å². The van der Waals surface area contributed by atoms with Crippen molar-refractivity contribution in [3.05, 3.63) is 0 Å². The number of rotatable bonds is 1. The van der Waals surface area contributed by atoms with E-state index in [1.807, 2.05) is 0 Å². The van der Waals surface area contributed by atoms with Crippen molar-refractivity contribution in [2.45, 2.75) is 18.3 Å². The fraction of sp³-hybridized carbons (Fsp3) is 1.00. The normalized spacial score (nSPS) is 6.20. The van der Waals surface area contributed by atoms with Crippen molar-refractivity contribution in [1.82, 2.24) is 0 Å². The summed E-state index contributed by atoms with van der Waals surface area (Å²) in [4.78, 5) is 1.32. The molecule has 0 aromatic heterocycles. The molecule has 1 unspecified atom stereocenters. The van der Waals surface area contributed by atoms with E-state index >= 15 is 0 Å². The van der Waals surface area contributed by atoms with Crippen LogP contribution in [0.5, 0.6) is 0 Å². The molecule has 0 spiro atoms. The van der Waals surface area contributed by atoms with Gasteiger partial charge in [-0.2, -0.15) is 9.90 Å². The second kappa shape index (κ2) is 8.91. The quantitative estimate of drug-likeness (QED) is 0.632. The van der Waals surface area contributed by atoms with E-state index in [-0.39, 0.29) is 9.90 Å². The number of hydrogen-bond donors (Lipinski definition) is 0. The van der Waals surface area contributed by atoms with Crippen LogP contribution in [0.1, 0.15) is 13.3 Å². The molecule has 0 heterocycles. The van der Waals surface area contributed by atoms with Crippen LogP contribution in [-0.4, -0.2) is 0 Å². The van der Waals surface area contributed by atoms with Gasteiger partial charge in [0.05, 0.1) is 0 Å². The molecule has 5 heavy (non-hydrogen) atoms. The van der Waals surface area contributed by atoms with Crippen molar-refractivity contribution in [3.8, 4) is 0 Å². The minimum atomic E-state index is 0. The molecule has 0 saturated heterocycles. The average molecular weight is 269 g/mol. The van der Waals surface area contributed by atoms with E-state index in [4.69, 9.17) is 0 Å². The van der Waals surface area contributed by atoms with Gasteiger partial charge >= 0.3 is 37.2 Å². The van der Waals surface area contributed by atoms with E-state index in [9.17, 15) is 0 Å². The molecule has 0 N–H and O–H groups in total. The molecule has 0 aliphatic carbocycles. The van der Waals surface area contributed by atoms with Gasteiger partial charge in [-0.15, -0.1) is 0 Å². The second-order valence-corrected chi connectivity index (χ2v) is 1.86. The Bertz CT molecular complexity index is 8.85. The smallest absolute Gasteiger partial charge is 0.153 e. The molecule has 0 nitrogen and oxygen atoms in total. The summed E-state index contributed by atoms with van der Waals surface area (Å²) in [6.45, 7) is 2.18. The predicted octanol–water partition coefficient (Wildman–Crippen LogP) is 1.42. The maximum Gasteiger partial charge on any atom is -0.153 e. The minimum Gasteiger partial charge on any atom is -0.153 e. The number of hydrogen-bond acceptors (Lipinski definition) is 0.